The van der Waals surface area contributed by atoms with Gasteiger partial charge in [0, 0.05) is 6.04 Å². The summed E-state index contributed by atoms with van der Waals surface area (Å²) in [6, 6.07) is 8.28. The summed E-state index contributed by atoms with van der Waals surface area (Å²) in [5.41, 5.74) is 1.21. The summed E-state index contributed by atoms with van der Waals surface area (Å²) in [7, 11) is 1.67. The summed E-state index contributed by atoms with van der Waals surface area (Å²) >= 11 is 0. The van der Waals surface area contributed by atoms with Crippen LogP contribution in [-0.4, -0.2) is 12.1 Å². The minimum atomic E-state index is 0.256. The number of methoxy groups -OCH3 is 1. The second-order valence-corrected chi connectivity index (χ2v) is 3.84. The Morgan fingerprint density at radius 2 is 2.12 bits per heavy atom. The molecule has 0 saturated heterocycles. The first kappa shape index (κ1) is 11.7. The van der Waals surface area contributed by atoms with E-state index in [9.17, 15) is 0 Å². The summed E-state index contributed by atoms with van der Waals surface area (Å²) in [5, 5.41) is 3.36. The van der Waals surface area contributed by atoms with Crippen LogP contribution in [-0.2, 0) is 6.54 Å². The maximum absolute atomic E-state index is 5.16. The number of nitrogens with zero attached hydrogens (tertiary/aromatic N) is 1. The molecule has 2 rings (SSSR count). The summed E-state index contributed by atoms with van der Waals surface area (Å²) in [4.78, 5) is 3.87. The highest BCUT2D eigenvalue weighted by molar-refractivity contribution is 5.28. The average molecular weight is 232 g/mol. The smallest absolute Gasteiger partial charge is 0.180 e. The van der Waals surface area contributed by atoms with E-state index in [1.54, 1.807) is 13.3 Å². The largest absolute Gasteiger partial charge is 0.497 e. The van der Waals surface area contributed by atoms with Crippen molar-refractivity contribution in [2.45, 2.75) is 19.5 Å². The van der Waals surface area contributed by atoms with Gasteiger partial charge in [-0.1, -0.05) is 12.1 Å². The van der Waals surface area contributed by atoms with Crippen LogP contribution in [0.4, 0.5) is 0 Å². The van der Waals surface area contributed by atoms with Crippen LogP contribution in [0.2, 0.25) is 0 Å². The van der Waals surface area contributed by atoms with Crippen molar-refractivity contribution in [3.8, 4) is 5.75 Å². The third-order valence-corrected chi connectivity index (χ3v) is 2.68. The number of nitrogens with one attached hydrogen (secondary N) is 1. The number of rotatable bonds is 5. The van der Waals surface area contributed by atoms with Gasteiger partial charge < -0.3 is 14.5 Å². The lowest BCUT2D eigenvalue weighted by atomic mass is 10.1. The van der Waals surface area contributed by atoms with E-state index in [0.29, 0.717) is 6.54 Å². The predicted octanol–water partition coefficient (Wildman–Crippen LogP) is 2.53. The number of hydrogen-bond acceptors (Lipinski definition) is 4. The second kappa shape index (κ2) is 5.50. The van der Waals surface area contributed by atoms with Gasteiger partial charge in [0.05, 0.1) is 19.9 Å². The first-order chi connectivity index (χ1) is 8.29. The van der Waals surface area contributed by atoms with Crippen molar-refractivity contribution in [3.63, 3.8) is 0 Å². The van der Waals surface area contributed by atoms with Gasteiger partial charge in [-0.15, -0.1) is 0 Å². The molecule has 0 aliphatic heterocycles. The maximum atomic E-state index is 5.16. The standard InChI is InChI=1S/C13H16N2O2/c1-10(15-8-13-7-14-9-17-13)11-3-5-12(16-2)6-4-11/h3-7,9-10,15H,8H2,1-2H3. The van der Waals surface area contributed by atoms with E-state index in [0.717, 1.165) is 11.5 Å². The third kappa shape index (κ3) is 3.07. The molecule has 0 fully saturated rings. The van der Waals surface area contributed by atoms with Gasteiger partial charge in [-0.2, -0.15) is 0 Å². The SMILES string of the molecule is COc1ccc(C(C)NCc2cnco2)cc1. The zero-order valence-corrected chi connectivity index (χ0v) is 10.0. The summed E-state index contributed by atoms with van der Waals surface area (Å²) in [6.45, 7) is 2.78. The molecule has 1 aromatic carbocycles. The summed E-state index contributed by atoms with van der Waals surface area (Å²) < 4.78 is 10.3. The molecule has 1 unspecified atom stereocenters. The number of hydrogen-bond donors (Lipinski definition) is 1. The zero-order valence-electron chi connectivity index (χ0n) is 10.0. The lowest BCUT2D eigenvalue weighted by Gasteiger charge is -2.13. The first-order valence-corrected chi connectivity index (χ1v) is 5.54. The third-order valence-electron chi connectivity index (χ3n) is 2.68. The van der Waals surface area contributed by atoms with Crippen molar-refractivity contribution in [2.75, 3.05) is 7.11 Å². The Bertz CT molecular complexity index is 437. The van der Waals surface area contributed by atoms with Gasteiger partial charge in [-0.25, -0.2) is 4.98 Å². The van der Waals surface area contributed by atoms with Crippen molar-refractivity contribution in [3.05, 3.63) is 48.2 Å². The highest BCUT2D eigenvalue weighted by Gasteiger charge is 2.05. The summed E-state index contributed by atoms with van der Waals surface area (Å²) in [5.74, 6) is 1.71. The molecular weight excluding hydrogens is 216 g/mol. The maximum Gasteiger partial charge on any atom is 0.180 e. The minimum Gasteiger partial charge on any atom is -0.497 e. The van der Waals surface area contributed by atoms with E-state index in [1.165, 1.54) is 12.0 Å². The topological polar surface area (TPSA) is 47.3 Å². The predicted molar refractivity (Wildman–Crippen MR) is 64.8 cm³/mol. The molecule has 4 heteroatoms. The van der Waals surface area contributed by atoms with E-state index in [-0.39, 0.29) is 6.04 Å². The van der Waals surface area contributed by atoms with E-state index < -0.39 is 0 Å². The van der Waals surface area contributed by atoms with Crippen LogP contribution in [0.5, 0.6) is 5.75 Å². The quantitative estimate of drug-likeness (QED) is 0.860. The minimum absolute atomic E-state index is 0.256. The molecular formula is C13H16N2O2. The average Bonchev–Trinajstić information content (AvgIpc) is 2.89. The lowest BCUT2D eigenvalue weighted by molar-refractivity contribution is 0.414. The van der Waals surface area contributed by atoms with Crippen molar-refractivity contribution in [2.24, 2.45) is 0 Å². The Kier molecular flexibility index (Phi) is 3.77. The van der Waals surface area contributed by atoms with E-state index in [1.807, 2.05) is 12.1 Å². The Hall–Kier alpha value is -1.81. The Morgan fingerprint density at radius 1 is 1.35 bits per heavy atom. The molecule has 2 aromatic rings. The van der Waals surface area contributed by atoms with Crippen LogP contribution in [0.3, 0.4) is 0 Å². The zero-order chi connectivity index (χ0) is 12.1. The number of aromatic nitrogens is 1. The van der Waals surface area contributed by atoms with Crippen LogP contribution in [0.1, 0.15) is 24.3 Å². The number of oxazole rings is 1. The fraction of sp³-hybridized carbons (Fsp3) is 0.308. The Labute approximate surface area is 101 Å². The van der Waals surface area contributed by atoms with Gasteiger partial charge in [0.2, 0.25) is 0 Å². The molecule has 0 saturated carbocycles. The molecule has 0 radical (unpaired) electrons. The molecule has 90 valence electrons. The Balaban J connectivity index is 1.92. The molecule has 0 amide bonds. The highest BCUT2D eigenvalue weighted by atomic mass is 16.5. The van der Waals surface area contributed by atoms with Gasteiger partial charge in [0.1, 0.15) is 11.5 Å². The van der Waals surface area contributed by atoms with Crippen LogP contribution in [0, 0.1) is 0 Å². The van der Waals surface area contributed by atoms with Crippen LogP contribution < -0.4 is 10.1 Å². The van der Waals surface area contributed by atoms with Gasteiger partial charge in [-0.3, -0.25) is 0 Å². The summed E-state index contributed by atoms with van der Waals surface area (Å²) in [6.07, 6.45) is 3.16. The molecule has 0 aliphatic rings. The van der Waals surface area contributed by atoms with Crippen LogP contribution >= 0.6 is 0 Å². The molecule has 1 heterocycles. The normalized spacial score (nSPS) is 12.4. The second-order valence-electron chi connectivity index (χ2n) is 3.84. The molecule has 1 N–H and O–H groups in total. The fourth-order valence-corrected chi connectivity index (χ4v) is 1.59. The fourth-order valence-electron chi connectivity index (χ4n) is 1.59. The molecule has 0 aliphatic carbocycles. The van der Waals surface area contributed by atoms with E-state index in [4.69, 9.17) is 9.15 Å². The van der Waals surface area contributed by atoms with Gasteiger partial charge >= 0.3 is 0 Å². The molecule has 0 spiro atoms. The van der Waals surface area contributed by atoms with E-state index >= 15 is 0 Å². The molecule has 1 atom stereocenters. The molecule has 17 heavy (non-hydrogen) atoms. The molecule has 1 aromatic heterocycles. The van der Waals surface area contributed by atoms with Crippen molar-refractivity contribution in [1.29, 1.82) is 0 Å². The number of benzene rings is 1. The lowest BCUT2D eigenvalue weighted by Crippen LogP contribution is -2.17. The first-order valence-electron chi connectivity index (χ1n) is 5.54. The van der Waals surface area contributed by atoms with Crippen molar-refractivity contribution in [1.82, 2.24) is 10.3 Å². The van der Waals surface area contributed by atoms with E-state index in [2.05, 4.69) is 29.4 Å². The number of ether oxygens (including phenoxy) is 1. The van der Waals surface area contributed by atoms with Crippen molar-refractivity contribution < 1.29 is 9.15 Å². The van der Waals surface area contributed by atoms with Crippen molar-refractivity contribution >= 4 is 0 Å². The van der Waals surface area contributed by atoms with Crippen LogP contribution in [0.15, 0.2) is 41.3 Å². The monoisotopic (exact) mass is 232 g/mol. The van der Waals surface area contributed by atoms with Crippen LogP contribution in [0.25, 0.3) is 0 Å². The Morgan fingerprint density at radius 3 is 2.71 bits per heavy atom. The molecule has 0 bridgehead atoms. The van der Waals surface area contributed by atoms with Gasteiger partial charge in [0.25, 0.3) is 0 Å². The molecule has 4 nitrogen and oxygen atoms in total. The van der Waals surface area contributed by atoms with Gasteiger partial charge in [-0.05, 0) is 24.6 Å². The van der Waals surface area contributed by atoms with Gasteiger partial charge in [0.15, 0.2) is 6.39 Å². The highest BCUT2D eigenvalue weighted by Crippen LogP contribution is 2.17.